The smallest absolute Gasteiger partial charge is 0.253 e. The average molecular weight is 316 g/mol. The van der Waals surface area contributed by atoms with Gasteiger partial charge in [0.05, 0.1) is 13.7 Å². The van der Waals surface area contributed by atoms with Gasteiger partial charge in [0.2, 0.25) is 5.91 Å². The van der Waals surface area contributed by atoms with Gasteiger partial charge < -0.3 is 14.6 Å². The highest BCUT2D eigenvalue weighted by Gasteiger charge is 2.18. The fourth-order valence-electron chi connectivity index (χ4n) is 2.58. The fraction of sp³-hybridized carbons (Fsp3) is 0.444. The maximum atomic E-state index is 12.3. The van der Waals surface area contributed by atoms with Crippen LogP contribution in [0.1, 0.15) is 32.8 Å². The van der Waals surface area contributed by atoms with Gasteiger partial charge in [-0.15, -0.1) is 0 Å². The molecule has 0 aliphatic rings. The number of fused-ring (bicyclic) bond motifs is 1. The highest BCUT2D eigenvalue weighted by molar-refractivity contribution is 5.81. The van der Waals surface area contributed by atoms with E-state index in [0.717, 1.165) is 23.1 Å². The molecule has 124 valence electrons. The molecule has 2 rings (SSSR count). The van der Waals surface area contributed by atoms with E-state index in [-0.39, 0.29) is 17.4 Å². The molecule has 0 bridgehead atoms. The summed E-state index contributed by atoms with van der Waals surface area (Å²) < 4.78 is 5.23. The Bertz CT molecular complexity index is 750. The minimum absolute atomic E-state index is 0.0667. The molecule has 0 aliphatic carbocycles. The Balaban J connectivity index is 2.39. The lowest BCUT2D eigenvalue weighted by atomic mass is 10.1. The summed E-state index contributed by atoms with van der Waals surface area (Å²) >= 11 is 0. The number of carbonyl (C=O) groups excluding carboxylic acids is 1. The second kappa shape index (κ2) is 7.31. The number of ether oxygens (including phenoxy) is 1. The van der Waals surface area contributed by atoms with Crippen LogP contribution in [0.5, 0.6) is 5.75 Å². The van der Waals surface area contributed by atoms with Crippen molar-refractivity contribution < 1.29 is 9.53 Å². The molecule has 0 spiro atoms. The quantitative estimate of drug-likeness (QED) is 0.891. The average Bonchev–Trinajstić information content (AvgIpc) is 2.53. The number of nitrogens with zero attached hydrogens (tertiary/aromatic N) is 1. The molecule has 1 aromatic heterocycles. The van der Waals surface area contributed by atoms with Gasteiger partial charge in [0.1, 0.15) is 5.75 Å². The third-order valence-corrected chi connectivity index (χ3v) is 3.79. The van der Waals surface area contributed by atoms with E-state index in [1.165, 1.54) is 0 Å². The second-order valence-corrected chi connectivity index (χ2v) is 5.99. The number of aromatic nitrogens is 1. The molecule has 0 fully saturated rings. The lowest BCUT2D eigenvalue weighted by Crippen LogP contribution is -2.36. The van der Waals surface area contributed by atoms with E-state index in [1.807, 2.05) is 45.0 Å². The first-order chi connectivity index (χ1) is 11.0. The van der Waals surface area contributed by atoms with Gasteiger partial charge in [-0.1, -0.05) is 20.8 Å². The summed E-state index contributed by atoms with van der Waals surface area (Å²) in [7, 11) is 1.61. The van der Waals surface area contributed by atoms with Crippen LogP contribution < -0.4 is 10.3 Å². The van der Waals surface area contributed by atoms with E-state index in [1.54, 1.807) is 12.0 Å². The fourth-order valence-corrected chi connectivity index (χ4v) is 2.58. The molecule has 5 heteroatoms. The number of rotatable bonds is 6. The molecule has 5 nitrogen and oxygen atoms in total. The SMILES string of the molecule is CCCN(Cc1cc2cc(OC)ccc2[nH]c1=O)C(=O)C(C)C. The molecular weight excluding hydrogens is 292 g/mol. The Morgan fingerprint density at radius 3 is 2.65 bits per heavy atom. The molecule has 0 atom stereocenters. The van der Waals surface area contributed by atoms with Gasteiger partial charge in [0, 0.05) is 28.9 Å². The summed E-state index contributed by atoms with van der Waals surface area (Å²) in [6.45, 7) is 6.75. The zero-order valence-electron chi connectivity index (χ0n) is 14.2. The van der Waals surface area contributed by atoms with Crippen molar-refractivity contribution >= 4 is 16.8 Å². The number of amides is 1. The Labute approximate surface area is 136 Å². The predicted octanol–water partition coefficient (Wildman–Crippen LogP) is 2.93. The van der Waals surface area contributed by atoms with Gasteiger partial charge in [-0.25, -0.2) is 0 Å². The van der Waals surface area contributed by atoms with Crippen molar-refractivity contribution in [3.63, 3.8) is 0 Å². The van der Waals surface area contributed by atoms with Crippen LogP contribution in [0, 0.1) is 5.92 Å². The number of pyridine rings is 1. The molecule has 1 aromatic carbocycles. The molecule has 0 radical (unpaired) electrons. The summed E-state index contributed by atoms with van der Waals surface area (Å²) in [5, 5.41) is 0.896. The zero-order chi connectivity index (χ0) is 17.0. The molecule has 1 amide bonds. The highest BCUT2D eigenvalue weighted by Crippen LogP contribution is 2.19. The first kappa shape index (κ1) is 17.1. The molecule has 1 N–H and O–H groups in total. The number of hydrogen-bond acceptors (Lipinski definition) is 3. The van der Waals surface area contributed by atoms with Gasteiger partial charge in [0.25, 0.3) is 5.56 Å². The van der Waals surface area contributed by atoms with Crippen LogP contribution in [0.3, 0.4) is 0 Å². The summed E-state index contributed by atoms with van der Waals surface area (Å²) in [6.07, 6.45) is 0.859. The molecule has 0 saturated carbocycles. The Hall–Kier alpha value is -2.30. The van der Waals surface area contributed by atoms with Crippen LogP contribution in [0.4, 0.5) is 0 Å². The third-order valence-electron chi connectivity index (χ3n) is 3.79. The first-order valence-electron chi connectivity index (χ1n) is 7.95. The first-order valence-corrected chi connectivity index (χ1v) is 7.95. The minimum Gasteiger partial charge on any atom is -0.497 e. The molecule has 0 unspecified atom stereocenters. The maximum absolute atomic E-state index is 12.3. The molecule has 1 heterocycles. The topological polar surface area (TPSA) is 62.4 Å². The van der Waals surface area contributed by atoms with Crippen LogP contribution in [-0.2, 0) is 11.3 Å². The van der Waals surface area contributed by atoms with Gasteiger partial charge in [-0.2, -0.15) is 0 Å². The van der Waals surface area contributed by atoms with Crippen LogP contribution in [0.2, 0.25) is 0 Å². The van der Waals surface area contributed by atoms with Crippen molar-refractivity contribution in [2.45, 2.75) is 33.7 Å². The lowest BCUT2D eigenvalue weighted by Gasteiger charge is -2.24. The van der Waals surface area contributed by atoms with Gasteiger partial charge >= 0.3 is 0 Å². The summed E-state index contributed by atoms with van der Waals surface area (Å²) in [5.41, 5.74) is 1.20. The number of aromatic amines is 1. The number of hydrogen-bond donors (Lipinski definition) is 1. The minimum atomic E-state index is -0.152. The van der Waals surface area contributed by atoms with E-state index >= 15 is 0 Å². The van der Waals surface area contributed by atoms with E-state index < -0.39 is 0 Å². The summed E-state index contributed by atoms with van der Waals surface area (Å²) in [4.78, 5) is 29.2. The number of nitrogens with one attached hydrogen (secondary N) is 1. The van der Waals surface area contributed by atoms with E-state index in [0.29, 0.717) is 18.7 Å². The van der Waals surface area contributed by atoms with Crippen LogP contribution in [0.25, 0.3) is 10.9 Å². The highest BCUT2D eigenvalue weighted by atomic mass is 16.5. The normalized spacial score (nSPS) is 11.0. The molecule has 0 saturated heterocycles. The van der Waals surface area contributed by atoms with Gasteiger partial charge in [0.15, 0.2) is 0 Å². The predicted molar refractivity (Wildman–Crippen MR) is 91.7 cm³/mol. The van der Waals surface area contributed by atoms with Crippen molar-refractivity contribution in [1.29, 1.82) is 0 Å². The largest absolute Gasteiger partial charge is 0.497 e. The summed E-state index contributed by atoms with van der Waals surface area (Å²) in [5.74, 6) is 0.720. The van der Waals surface area contributed by atoms with E-state index in [2.05, 4.69) is 4.98 Å². The van der Waals surface area contributed by atoms with Crippen molar-refractivity contribution in [2.24, 2.45) is 5.92 Å². The van der Waals surface area contributed by atoms with E-state index in [9.17, 15) is 9.59 Å². The van der Waals surface area contributed by atoms with Crippen molar-refractivity contribution in [1.82, 2.24) is 9.88 Å². The van der Waals surface area contributed by atoms with Gasteiger partial charge in [-0.05, 0) is 30.7 Å². The summed E-state index contributed by atoms with van der Waals surface area (Å²) in [6, 6.07) is 7.35. The molecule has 23 heavy (non-hydrogen) atoms. The zero-order valence-corrected chi connectivity index (χ0v) is 14.2. The Morgan fingerprint density at radius 1 is 1.30 bits per heavy atom. The third kappa shape index (κ3) is 3.92. The number of H-pyrrole nitrogens is 1. The lowest BCUT2D eigenvalue weighted by molar-refractivity contribution is -0.135. The Morgan fingerprint density at radius 2 is 2.04 bits per heavy atom. The second-order valence-electron chi connectivity index (χ2n) is 5.99. The number of carbonyl (C=O) groups is 1. The molecule has 0 aliphatic heterocycles. The monoisotopic (exact) mass is 316 g/mol. The van der Waals surface area contributed by atoms with E-state index in [4.69, 9.17) is 4.74 Å². The Kier molecular flexibility index (Phi) is 5.42. The van der Waals surface area contributed by atoms with Crippen LogP contribution in [0.15, 0.2) is 29.1 Å². The standard InChI is InChI=1S/C18H24N2O3/c1-5-8-20(18(22)12(2)3)11-14-9-13-10-15(23-4)6-7-16(13)19-17(14)21/h6-7,9-10,12H,5,8,11H2,1-4H3,(H,19,21). The maximum Gasteiger partial charge on any atom is 0.253 e. The van der Waals surface area contributed by atoms with Crippen molar-refractivity contribution in [2.75, 3.05) is 13.7 Å². The van der Waals surface area contributed by atoms with Crippen molar-refractivity contribution in [3.05, 3.63) is 40.2 Å². The number of methoxy groups -OCH3 is 1. The van der Waals surface area contributed by atoms with Gasteiger partial charge in [-0.3, -0.25) is 9.59 Å². The molecule has 2 aromatic rings. The van der Waals surface area contributed by atoms with Crippen LogP contribution in [-0.4, -0.2) is 29.4 Å². The number of benzene rings is 1. The molecular formula is C18H24N2O3. The van der Waals surface area contributed by atoms with Crippen molar-refractivity contribution in [3.8, 4) is 5.75 Å². The van der Waals surface area contributed by atoms with Crippen LogP contribution >= 0.6 is 0 Å².